The van der Waals surface area contributed by atoms with Gasteiger partial charge in [-0.3, -0.25) is 14.2 Å². The molecule has 0 aliphatic rings. The van der Waals surface area contributed by atoms with Gasteiger partial charge in [-0.1, -0.05) is 265 Å². The topological polar surface area (TPSA) is 114 Å². The lowest BCUT2D eigenvalue weighted by molar-refractivity contribution is -0.870. The maximum atomic E-state index is 13.6. The Morgan fingerprint density at radius 2 is 0.812 bits per heavy atom. The molecule has 80 heavy (non-hydrogen) atoms. The largest absolute Gasteiger partial charge is 0.756 e. The van der Waals surface area contributed by atoms with Gasteiger partial charge in [0.05, 0.1) is 33.8 Å². The molecule has 1 amide bonds. The molecular formula is C70H123N2O7P. The molecular weight excluding hydrogens is 1010 g/mol. The quantitative estimate of drug-likeness (QED) is 0.0212. The highest BCUT2D eigenvalue weighted by Crippen LogP contribution is 2.38. The SMILES string of the molecule is CC/C=C\C/C=C\C/C=C\C/C=C\C/C=C\C/C=C\CCC(=O)OC(/C=C\CCCCCCCCCCCC)C(COP(=O)([O-])OCC[N+](C)(C)C)NC(=O)CCCCCCCCCCCCCCC/C=C\C/C=C\CCCCC. The highest BCUT2D eigenvalue weighted by Gasteiger charge is 2.27. The molecule has 0 aromatic heterocycles. The lowest BCUT2D eigenvalue weighted by atomic mass is 10.0. The van der Waals surface area contributed by atoms with Gasteiger partial charge in [-0.05, 0) is 102 Å². The van der Waals surface area contributed by atoms with E-state index in [1.54, 1.807) is 6.08 Å². The van der Waals surface area contributed by atoms with Crippen molar-refractivity contribution in [2.45, 2.75) is 283 Å². The second-order valence-corrected chi connectivity index (χ2v) is 24.3. The van der Waals surface area contributed by atoms with Gasteiger partial charge in [0, 0.05) is 12.8 Å². The number of rotatable bonds is 58. The van der Waals surface area contributed by atoms with Crippen LogP contribution in [0.15, 0.2) is 109 Å². The Labute approximate surface area is 493 Å². The minimum Gasteiger partial charge on any atom is -0.756 e. The number of unbranched alkanes of at least 4 members (excludes halogenated alkanes) is 26. The van der Waals surface area contributed by atoms with E-state index in [1.165, 1.54) is 141 Å². The number of hydrogen-bond acceptors (Lipinski definition) is 7. The van der Waals surface area contributed by atoms with Crippen molar-refractivity contribution in [2.75, 3.05) is 40.9 Å². The molecule has 0 spiro atoms. The third-order valence-corrected chi connectivity index (χ3v) is 14.9. The number of ether oxygens (including phenoxy) is 1. The van der Waals surface area contributed by atoms with E-state index in [9.17, 15) is 19.0 Å². The summed E-state index contributed by atoms with van der Waals surface area (Å²) in [5, 5.41) is 3.01. The number of phosphoric acid groups is 1. The third kappa shape index (κ3) is 59.3. The summed E-state index contributed by atoms with van der Waals surface area (Å²) in [4.78, 5) is 40.0. The summed E-state index contributed by atoms with van der Waals surface area (Å²) >= 11 is 0. The van der Waals surface area contributed by atoms with Gasteiger partial charge in [-0.25, -0.2) is 0 Å². The molecule has 9 nitrogen and oxygen atoms in total. The number of hydrogen-bond donors (Lipinski definition) is 1. The maximum absolute atomic E-state index is 13.6. The summed E-state index contributed by atoms with van der Waals surface area (Å²) < 4.78 is 30.3. The number of carbonyl (C=O) groups excluding carboxylic acids is 2. The average Bonchev–Trinajstić information content (AvgIpc) is 3.43. The molecule has 10 heteroatoms. The molecule has 3 unspecified atom stereocenters. The van der Waals surface area contributed by atoms with Crippen LogP contribution in [0.2, 0.25) is 0 Å². The van der Waals surface area contributed by atoms with Crippen molar-refractivity contribution in [3.05, 3.63) is 109 Å². The Bertz CT molecular complexity index is 1740. The van der Waals surface area contributed by atoms with Gasteiger partial charge in [0.25, 0.3) is 7.82 Å². The van der Waals surface area contributed by atoms with Crippen LogP contribution in [-0.2, 0) is 27.9 Å². The van der Waals surface area contributed by atoms with Crippen LogP contribution in [0.25, 0.3) is 0 Å². The first-order valence-corrected chi connectivity index (χ1v) is 34.2. The molecule has 0 saturated heterocycles. The summed E-state index contributed by atoms with van der Waals surface area (Å²) in [5.74, 6) is -0.641. The monoisotopic (exact) mass is 1130 g/mol. The van der Waals surface area contributed by atoms with E-state index in [0.29, 0.717) is 23.9 Å². The number of phosphoric ester groups is 1. The summed E-state index contributed by atoms with van der Waals surface area (Å²) in [5.41, 5.74) is 0. The fraction of sp³-hybridized carbons (Fsp3) is 0.714. The van der Waals surface area contributed by atoms with Gasteiger partial charge in [-0.15, -0.1) is 0 Å². The third-order valence-electron chi connectivity index (χ3n) is 14.0. The van der Waals surface area contributed by atoms with Crippen LogP contribution in [-0.4, -0.2) is 69.4 Å². The summed E-state index contributed by atoms with van der Waals surface area (Å²) in [7, 11) is 1.14. The summed E-state index contributed by atoms with van der Waals surface area (Å²) in [6.45, 7) is 6.66. The van der Waals surface area contributed by atoms with Gasteiger partial charge in [0.15, 0.2) is 0 Å². The first-order valence-electron chi connectivity index (χ1n) is 32.7. The molecule has 0 heterocycles. The predicted octanol–water partition coefficient (Wildman–Crippen LogP) is 19.9. The van der Waals surface area contributed by atoms with Crippen LogP contribution >= 0.6 is 7.82 Å². The molecule has 0 bridgehead atoms. The van der Waals surface area contributed by atoms with Crippen LogP contribution in [0, 0.1) is 0 Å². The Morgan fingerprint density at radius 1 is 0.450 bits per heavy atom. The smallest absolute Gasteiger partial charge is 0.306 e. The lowest BCUT2D eigenvalue weighted by Gasteiger charge is -2.30. The molecule has 0 aliphatic carbocycles. The van der Waals surface area contributed by atoms with Crippen molar-refractivity contribution in [1.29, 1.82) is 0 Å². The Balaban J connectivity index is 5.27. The van der Waals surface area contributed by atoms with E-state index in [1.807, 2.05) is 39.4 Å². The van der Waals surface area contributed by atoms with Gasteiger partial charge in [0.1, 0.15) is 19.3 Å². The molecule has 0 aromatic carbocycles. The highest BCUT2D eigenvalue weighted by molar-refractivity contribution is 7.45. The van der Waals surface area contributed by atoms with E-state index < -0.39 is 32.5 Å². The Morgan fingerprint density at radius 3 is 1.25 bits per heavy atom. The Kier molecular flexibility index (Phi) is 56.4. The Hall–Kier alpha value is -3.33. The van der Waals surface area contributed by atoms with Crippen molar-refractivity contribution < 1.29 is 37.3 Å². The fourth-order valence-electron chi connectivity index (χ4n) is 8.93. The van der Waals surface area contributed by atoms with Crippen molar-refractivity contribution in [1.82, 2.24) is 5.32 Å². The second kappa shape index (κ2) is 58.9. The zero-order chi connectivity index (χ0) is 58.6. The van der Waals surface area contributed by atoms with E-state index in [4.69, 9.17) is 13.8 Å². The molecule has 460 valence electrons. The molecule has 0 rings (SSSR count). The molecule has 1 N–H and O–H groups in total. The highest BCUT2D eigenvalue weighted by atomic mass is 31.2. The van der Waals surface area contributed by atoms with Crippen LogP contribution in [0.1, 0.15) is 271 Å². The maximum Gasteiger partial charge on any atom is 0.306 e. The van der Waals surface area contributed by atoms with E-state index in [0.717, 1.165) is 89.9 Å². The molecule has 0 fully saturated rings. The van der Waals surface area contributed by atoms with Crippen LogP contribution in [0.4, 0.5) is 0 Å². The van der Waals surface area contributed by atoms with Crippen molar-refractivity contribution in [3.63, 3.8) is 0 Å². The molecule has 3 atom stereocenters. The van der Waals surface area contributed by atoms with Crippen molar-refractivity contribution in [2.24, 2.45) is 0 Å². The van der Waals surface area contributed by atoms with Gasteiger partial charge < -0.3 is 28.5 Å². The van der Waals surface area contributed by atoms with E-state index in [2.05, 4.69) is 111 Å². The first kappa shape index (κ1) is 76.7. The number of carbonyl (C=O) groups is 2. The number of amides is 1. The number of allylic oxidation sites excluding steroid dienone is 17. The van der Waals surface area contributed by atoms with Crippen LogP contribution in [0.5, 0.6) is 0 Å². The standard InChI is InChI=1S/C70H123N2O7P/c1-7-10-13-16-19-22-25-28-30-32-34-35-36-37-39-40-42-44-47-50-53-56-59-62-69(73)71-67(66-78-80(75,76)77-65-64-72(4,5)6)68(61-58-55-52-49-46-27-24-21-18-15-12-9-3)79-70(74)63-60-57-54-51-48-45-43-41-38-33-31-29-26-23-20-17-14-11-8-2/h11,14,19-20,22-23,28-31,38,41,45,48,54,57-58,61,67-68H,7-10,12-13,15-18,21,24-27,32-37,39-40,42-44,46-47,49-53,55-56,59-60,62-66H2,1-6H3,(H-,71,73,75,76)/b14-11-,22-19-,23-20-,30-28-,31-29-,41-38-,48-45-,57-54-,61-58-. The molecule has 0 saturated carbocycles. The van der Waals surface area contributed by atoms with Gasteiger partial charge in [0.2, 0.25) is 5.91 Å². The minimum absolute atomic E-state index is 0.0381. The minimum atomic E-state index is -4.72. The number of quaternary nitrogens is 1. The molecule has 0 aliphatic heterocycles. The molecule has 0 aromatic rings. The summed E-state index contributed by atoms with van der Waals surface area (Å²) in [6, 6.07) is -0.926. The van der Waals surface area contributed by atoms with Gasteiger partial charge >= 0.3 is 5.97 Å². The van der Waals surface area contributed by atoms with Gasteiger partial charge in [-0.2, -0.15) is 0 Å². The van der Waals surface area contributed by atoms with Crippen molar-refractivity contribution >= 4 is 19.7 Å². The number of nitrogens with zero attached hydrogens (tertiary/aromatic N) is 1. The summed E-state index contributed by atoms with van der Waals surface area (Å²) in [6.07, 6.45) is 80.8. The fourth-order valence-corrected chi connectivity index (χ4v) is 9.65. The second-order valence-electron chi connectivity index (χ2n) is 22.9. The zero-order valence-electron chi connectivity index (χ0n) is 52.5. The normalized spacial score (nSPS) is 14.3. The predicted molar refractivity (Wildman–Crippen MR) is 344 cm³/mol. The lowest BCUT2D eigenvalue weighted by Crippen LogP contribution is -2.47. The van der Waals surface area contributed by atoms with Crippen LogP contribution < -0.4 is 10.2 Å². The first-order chi connectivity index (χ1) is 38.9. The zero-order valence-corrected chi connectivity index (χ0v) is 53.4. The van der Waals surface area contributed by atoms with Crippen molar-refractivity contribution in [3.8, 4) is 0 Å². The number of nitrogens with one attached hydrogen (secondary N) is 1. The van der Waals surface area contributed by atoms with E-state index in [-0.39, 0.29) is 18.9 Å². The number of esters is 1. The molecule has 0 radical (unpaired) electrons. The number of likely N-dealkylation sites (N-methyl/N-ethyl adjacent to an activating group) is 1. The average molecular weight is 1140 g/mol. The van der Waals surface area contributed by atoms with Crippen LogP contribution in [0.3, 0.4) is 0 Å². The van der Waals surface area contributed by atoms with E-state index >= 15 is 0 Å².